The lowest BCUT2D eigenvalue weighted by atomic mass is 9.96. The molecule has 0 unspecified atom stereocenters. The smallest absolute Gasteiger partial charge is 0.197 e. The van der Waals surface area contributed by atoms with Gasteiger partial charge in [-0.15, -0.1) is 0 Å². The van der Waals surface area contributed by atoms with E-state index < -0.39 is 0 Å². The van der Waals surface area contributed by atoms with Crippen LogP contribution in [0, 0.1) is 0 Å². The molecule has 3 heteroatoms. The van der Waals surface area contributed by atoms with Gasteiger partial charge in [0.15, 0.2) is 5.78 Å². The van der Waals surface area contributed by atoms with E-state index in [1.165, 1.54) is 0 Å². The van der Waals surface area contributed by atoms with Crippen LogP contribution in [0.1, 0.15) is 15.9 Å². The first-order valence-electron chi connectivity index (χ1n) is 6.99. The van der Waals surface area contributed by atoms with Gasteiger partial charge in [0.05, 0.1) is 19.8 Å². The van der Waals surface area contributed by atoms with Crippen molar-refractivity contribution in [2.45, 2.75) is 0 Å². The highest BCUT2D eigenvalue weighted by Crippen LogP contribution is 2.32. The van der Waals surface area contributed by atoms with E-state index in [1.54, 1.807) is 14.2 Å². The molecule has 0 aliphatic carbocycles. The first-order valence-corrected chi connectivity index (χ1v) is 6.99. The van der Waals surface area contributed by atoms with E-state index in [0.29, 0.717) is 16.9 Å². The molecule has 3 aromatic rings. The molecule has 0 aliphatic heterocycles. The third-order valence-electron chi connectivity index (χ3n) is 3.67. The molecule has 3 nitrogen and oxygen atoms in total. The first kappa shape index (κ1) is 14.1. The summed E-state index contributed by atoms with van der Waals surface area (Å²) in [6, 6.07) is 18.6. The predicted octanol–water partition coefficient (Wildman–Crippen LogP) is 4.09. The van der Waals surface area contributed by atoms with Crippen LogP contribution in [0.25, 0.3) is 10.8 Å². The predicted molar refractivity (Wildman–Crippen MR) is 86.9 cm³/mol. The van der Waals surface area contributed by atoms with Gasteiger partial charge in [0, 0.05) is 5.56 Å². The van der Waals surface area contributed by atoms with Gasteiger partial charge in [-0.3, -0.25) is 4.79 Å². The number of ether oxygens (including phenoxy) is 2. The number of benzene rings is 3. The zero-order valence-corrected chi connectivity index (χ0v) is 12.5. The molecule has 0 fully saturated rings. The molecule has 0 aliphatic rings. The molecule has 0 heterocycles. The molecule has 0 bridgehead atoms. The van der Waals surface area contributed by atoms with E-state index >= 15 is 0 Å². The van der Waals surface area contributed by atoms with Gasteiger partial charge in [-0.25, -0.2) is 0 Å². The van der Waals surface area contributed by atoms with Gasteiger partial charge in [-0.2, -0.15) is 0 Å². The quantitative estimate of drug-likeness (QED) is 0.679. The maximum atomic E-state index is 12.9. The van der Waals surface area contributed by atoms with Crippen molar-refractivity contribution < 1.29 is 14.3 Å². The fourth-order valence-electron chi connectivity index (χ4n) is 2.55. The summed E-state index contributed by atoms with van der Waals surface area (Å²) in [4.78, 5) is 12.9. The molecule has 0 N–H and O–H groups in total. The summed E-state index contributed by atoms with van der Waals surface area (Å²) in [5, 5.41) is 1.80. The Kier molecular flexibility index (Phi) is 3.79. The Bertz CT molecular complexity index is 823. The van der Waals surface area contributed by atoms with Crippen LogP contribution in [0.3, 0.4) is 0 Å². The number of hydrogen-bond donors (Lipinski definition) is 0. The minimum atomic E-state index is -0.0479. The molecule has 110 valence electrons. The molecule has 0 spiro atoms. The third kappa shape index (κ3) is 2.42. The Morgan fingerprint density at radius 1 is 0.864 bits per heavy atom. The monoisotopic (exact) mass is 292 g/mol. The summed E-state index contributed by atoms with van der Waals surface area (Å²) in [5.41, 5.74) is 1.22. The van der Waals surface area contributed by atoms with Crippen molar-refractivity contribution in [3.63, 3.8) is 0 Å². The Morgan fingerprint density at radius 3 is 2.32 bits per heavy atom. The maximum absolute atomic E-state index is 12.9. The Balaban J connectivity index is 2.24. The molecular formula is C19H16O3. The van der Waals surface area contributed by atoms with E-state index in [4.69, 9.17) is 9.47 Å². The molecule has 22 heavy (non-hydrogen) atoms. The lowest BCUT2D eigenvalue weighted by Crippen LogP contribution is -2.05. The molecule has 0 radical (unpaired) electrons. The molecular weight excluding hydrogens is 276 g/mol. The highest BCUT2D eigenvalue weighted by Gasteiger charge is 2.18. The van der Waals surface area contributed by atoms with Crippen LogP contribution in [0.5, 0.6) is 11.5 Å². The summed E-state index contributed by atoms with van der Waals surface area (Å²) in [6.07, 6.45) is 0. The van der Waals surface area contributed by atoms with Crippen molar-refractivity contribution in [1.29, 1.82) is 0 Å². The number of carbonyl (C=O) groups is 1. The minimum absolute atomic E-state index is 0.0479. The second kappa shape index (κ2) is 5.90. The van der Waals surface area contributed by atoms with E-state index in [9.17, 15) is 4.79 Å². The Labute approximate surface area is 129 Å². The van der Waals surface area contributed by atoms with Gasteiger partial charge < -0.3 is 9.47 Å². The van der Waals surface area contributed by atoms with Crippen LogP contribution in [0.2, 0.25) is 0 Å². The van der Waals surface area contributed by atoms with Gasteiger partial charge in [0.25, 0.3) is 0 Å². The first-order chi connectivity index (χ1) is 10.7. The average Bonchev–Trinajstić information content (AvgIpc) is 2.60. The molecule has 0 amide bonds. The van der Waals surface area contributed by atoms with Gasteiger partial charge in [0.2, 0.25) is 0 Å². The molecule has 3 aromatic carbocycles. The van der Waals surface area contributed by atoms with Crippen LogP contribution in [0.15, 0.2) is 60.7 Å². The number of carbonyl (C=O) groups excluding carboxylic acids is 1. The maximum Gasteiger partial charge on any atom is 0.197 e. The van der Waals surface area contributed by atoms with Crippen LogP contribution in [-0.2, 0) is 0 Å². The van der Waals surface area contributed by atoms with E-state index in [1.807, 2.05) is 60.7 Å². The highest BCUT2D eigenvalue weighted by molar-refractivity contribution is 6.18. The van der Waals surface area contributed by atoms with Crippen LogP contribution in [-0.4, -0.2) is 20.0 Å². The molecule has 3 rings (SSSR count). The lowest BCUT2D eigenvalue weighted by molar-refractivity contribution is 0.103. The molecule has 0 saturated carbocycles. The van der Waals surface area contributed by atoms with Crippen molar-refractivity contribution in [2.75, 3.05) is 14.2 Å². The number of rotatable bonds is 4. The van der Waals surface area contributed by atoms with Crippen molar-refractivity contribution in [1.82, 2.24) is 0 Å². The SMILES string of the molecule is COc1ccc2c(C(=O)c3ccccc3)c(OC)ccc2c1. The summed E-state index contributed by atoms with van der Waals surface area (Å²) in [5.74, 6) is 1.29. The number of methoxy groups -OCH3 is 2. The third-order valence-corrected chi connectivity index (χ3v) is 3.67. The van der Waals surface area contributed by atoms with Crippen molar-refractivity contribution in [2.24, 2.45) is 0 Å². The van der Waals surface area contributed by atoms with Crippen LogP contribution >= 0.6 is 0 Å². The second-order valence-electron chi connectivity index (χ2n) is 4.93. The number of ketones is 1. The molecule has 0 atom stereocenters. The Morgan fingerprint density at radius 2 is 1.64 bits per heavy atom. The fourth-order valence-corrected chi connectivity index (χ4v) is 2.55. The summed E-state index contributed by atoms with van der Waals surface area (Å²) in [6.45, 7) is 0. The lowest BCUT2D eigenvalue weighted by Gasteiger charge is -2.12. The van der Waals surface area contributed by atoms with Crippen LogP contribution < -0.4 is 9.47 Å². The van der Waals surface area contributed by atoms with Crippen molar-refractivity contribution in [3.8, 4) is 11.5 Å². The second-order valence-corrected chi connectivity index (χ2v) is 4.93. The van der Waals surface area contributed by atoms with Gasteiger partial charge in [0.1, 0.15) is 11.5 Å². The van der Waals surface area contributed by atoms with Crippen molar-refractivity contribution >= 4 is 16.6 Å². The topological polar surface area (TPSA) is 35.5 Å². The largest absolute Gasteiger partial charge is 0.497 e. The van der Waals surface area contributed by atoms with Gasteiger partial charge in [-0.1, -0.05) is 36.4 Å². The Hall–Kier alpha value is -2.81. The summed E-state index contributed by atoms with van der Waals surface area (Å²) < 4.78 is 10.6. The number of fused-ring (bicyclic) bond motifs is 1. The molecule has 0 saturated heterocycles. The summed E-state index contributed by atoms with van der Waals surface area (Å²) in [7, 11) is 3.20. The van der Waals surface area contributed by atoms with E-state index in [0.717, 1.165) is 16.5 Å². The van der Waals surface area contributed by atoms with Gasteiger partial charge in [-0.05, 0) is 35.0 Å². The fraction of sp³-hybridized carbons (Fsp3) is 0.105. The summed E-state index contributed by atoms with van der Waals surface area (Å²) >= 11 is 0. The zero-order chi connectivity index (χ0) is 15.5. The molecule has 0 aromatic heterocycles. The standard InChI is InChI=1S/C19H16O3/c1-21-15-9-10-16-14(12-15)8-11-17(22-2)18(16)19(20)13-6-4-3-5-7-13/h3-12H,1-2H3. The average molecular weight is 292 g/mol. The normalized spacial score (nSPS) is 10.5. The zero-order valence-electron chi connectivity index (χ0n) is 12.5. The van der Waals surface area contributed by atoms with E-state index in [2.05, 4.69) is 0 Å². The van der Waals surface area contributed by atoms with E-state index in [-0.39, 0.29) is 5.78 Å². The van der Waals surface area contributed by atoms with Crippen molar-refractivity contribution in [3.05, 3.63) is 71.8 Å². The number of hydrogen-bond acceptors (Lipinski definition) is 3. The van der Waals surface area contributed by atoms with Gasteiger partial charge >= 0.3 is 0 Å². The highest BCUT2D eigenvalue weighted by atomic mass is 16.5. The van der Waals surface area contributed by atoms with Crippen LogP contribution in [0.4, 0.5) is 0 Å². The minimum Gasteiger partial charge on any atom is -0.497 e.